The van der Waals surface area contributed by atoms with Crippen LogP contribution in [0.15, 0.2) is 12.1 Å². The zero-order valence-electron chi connectivity index (χ0n) is 13.2. The van der Waals surface area contributed by atoms with E-state index in [1.165, 1.54) is 0 Å². The second kappa shape index (κ2) is 7.58. The molecule has 1 aromatic carbocycles. The highest BCUT2D eigenvalue weighted by Crippen LogP contribution is 2.31. The van der Waals surface area contributed by atoms with Crippen molar-refractivity contribution in [2.75, 3.05) is 5.32 Å². The zero-order chi connectivity index (χ0) is 16.0. The summed E-state index contributed by atoms with van der Waals surface area (Å²) in [5.41, 5.74) is 2.88. The summed E-state index contributed by atoms with van der Waals surface area (Å²) in [4.78, 5) is 11.9. The topological polar surface area (TPSA) is 76.7 Å². The van der Waals surface area contributed by atoms with Crippen molar-refractivity contribution in [3.63, 3.8) is 0 Å². The largest absolute Gasteiger partial charge is 0.325 e. The minimum absolute atomic E-state index is 0.000331. The number of nitriles is 1. The Kier molecular flexibility index (Phi) is 6.10. The summed E-state index contributed by atoms with van der Waals surface area (Å²) in [5.74, 6) is 0.106. The van der Waals surface area contributed by atoms with Crippen molar-refractivity contribution >= 4 is 17.3 Å². The Morgan fingerprint density at radius 1 is 1.43 bits per heavy atom. The Morgan fingerprint density at radius 3 is 2.48 bits per heavy atom. The summed E-state index contributed by atoms with van der Waals surface area (Å²) in [6, 6.07) is 5.78. The number of benzene rings is 1. The van der Waals surface area contributed by atoms with Gasteiger partial charge >= 0.3 is 0 Å². The van der Waals surface area contributed by atoms with Crippen LogP contribution in [0.1, 0.15) is 57.2 Å². The highest BCUT2D eigenvalue weighted by atomic mass is 16.2. The molecule has 0 aliphatic heterocycles. The monoisotopic (exact) mass is 285 g/mol. The van der Waals surface area contributed by atoms with Gasteiger partial charge in [-0.2, -0.15) is 5.26 Å². The molecule has 0 heterocycles. The predicted molar refractivity (Wildman–Crippen MR) is 85.7 cm³/mol. The van der Waals surface area contributed by atoms with E-state index in [-0.39, 0.29) is 11.8 Å². The van der Waals surface area contributed by atoms with Crippen molar-refractivity contribution in [3.8, 4) is 6.07 Å². The van der Waals surface area contributed by atoms with Crippen LogP contribution in [-0.2, 0) is 11.2 Å². The van der Waals surface area contributed by atoms with Crippen molar-refractivity contribution in [1.82, 2.24) is 0 Å². The van der Waals surface area contributed by atoms with Gasteiger partial charge < -0.3 is 10.7 Å². The van der Waals surface area contributed by atoms with E-state index in [1.54, 1.807) is 13.0 Å². The second-order valence-corrected chi connectivity index (χ2v) is 4.92. The summed E-state index contributed by atoms with van der Waals surface area (Å²) in [6.07, 6.45) is 2.66. The van der Waals surface area contributed by atoms with Crippen molar-refractivity contribution in [2.24, 2.45) is 5.92 Å². The maximum absolute atomic E-state index is 11.9. The van der Waals surface area contributed by atoms with E-state index < -0.39 is 0 Å². The van der Waals surface area contributed by atoms with Gasteiger partial charge in [0, 0.05) is 17.2 Å². The fourth-order valence-electron chi connectivity index (χ4n) is 2.08. The van der Waals surface area contributed by atoms with Gasteiger partial charge in [-0.3, -0.25) is 4.79 Å². The molecule has 1 amide bonds. The molecular formula is C17H23N3O. The average molecular weight is 285 g/mol. The molecule has 1 aliphatic carbocycles. The van der Waals surface area contributed by atoms with Crippen LogP contribution in [0.4, 0.5) is 5.69 Å². The molecule has 0 radical (unpaired) electrons. The van der Waals surface area contributed by atoms with E-state index in [9.17, 15) is 10.1 Å². The van der Waals surface area contributed by atoms with Gasteiger partial charge in [0.15, 0.2) is 0 Å². The number of amides is 1. The van der Waals surface area contributed by atoms with Gasteiger partial charge in [0.25, 0.3) is 0 Å². The SMILES string of the molecule is CC.CCc1cc(C#N)c(C(C)=N)c(NC(=O)C2CC2)c1. The summed E-state index contributed by atoms with van der Waals surface area (Å²) in [5, 5.41) is 19.9. The number of nitrogens with zero attached hydrogens (tertiary/aromatic N) is 1. The maximum Gasteiger partial charge on any atom is 0.227 e. The molecule has 1 aromatic rings. The van der Waals surface area contributed by atoms with E-state index in [0.29, 0.717) is 22.5 Å². The van der Waals surface area contributed by atoms with E-state index in [0.717, 1.165) is 24.8 Å². The fourth-order valence-corrected chi connectivity index (χ4v) is 2.08. The minimum Gasteiger partial charge on any atom is -0.325 e. The van der Waals surface area contributed by atoms with Gasteiger partial charge in [-0.25, -0.2) is 0 Å². The molecule has 21 heavy (non-hydrogen) atoms. The van der Waals surface area contributed by atoms with Gasteiger partial charge in [0.1, 0.15) is 0 Å². The quantitative estimate of drug-likeness (QED) is 0.823. The number of anilines is 1. The highest BCUT2D eigenvalue weighted by molar-refractivity contribution is 6.07. The summed E-state index contributed by atoms with van der Waals surface area (Å²) >= 11 is 0. The van der Waals surface area contributed by atoms with Gasteiger partial charge in [-0.15, -0.1) is 0 Å². The Hall–Kier alpha value is -2.15. The number of aryl methyl sites for hydroxylation is 1. The lowest BCUT2D eigenvalue weighted by atomic mass is 9.98. The Balaban J connectivity index is 0.00000106. The molecule has 0 saturated heterocycles. The average Bonchev–Trinajstić information content (AvgIpc) is 3.32. The van der Waals surface area contributed by atoms with Crippen LogP contribution >= 0.6 is 0 Å². The number of hydrogen-bond acceptors (Lipinski definition) is 3. The Labute approximate surface area is 126 Å². The van der Waals surface area contributed by atoms with Crippen LogP contribution in [0.25, 0.3) is 0 Å². The minimum atomic E-state index is -0.000331. The molecule has 0 bridgehead atoms. The smallest absolute Gasteiger partial charge is 0.227 e. The number of carbonyl (C=O) groups excluding carboxylic acids is 1. The Morgan fingerprint density at radius 2 is 2.05 bits per heavy atom. The second-order valence-electron chi connectivity index (χ2n) is 4.92. The number of hydrogen-bond donors (Lipinski definition) is 2. The molecular weight excluding hydrogens is 262 g/mol. The summed E-state index contributed by atoms with van der Waals surface area (Å²) in [7, 11) is 0. The maximum atomic E-state index is 11.9. The third-order valence-electron chi connectivity index (χ3n) is 3.31. The molecule has 1 saturated carbocycles. The van der Waals surface area contributed by atoms with Gasteiger partial charge in [-0.1, -0.05) is 20.8 Å². The lowest BCUT2D eigenvalue weighted by molar-refractivity contribution is -0.117. The summed E-state index contributed by atoms with van der Waals surface area (Å²) in [6.45, 7) is 7.63. The van der Waals surface area contributed by atoms with Crippen molar-refractivity contribution in [1.29, 1.82) is 10.7 Å². The van der Waals surface area contributed by atoms with E-state index in [2.05, 4.69) is 11.4 Å². The zero-order valence-corrected chi connectivity index (χ0v) is 13.2. The molecule has 2 N–H and O–H groups in total. The van der Waals surface area contributed by atoms with Crippen molar-refractivity contribution < 1.29 is 4.79 Å². The molecule has 1 aliphatic rings. The van der Waals surface area contributed by atoms with E-state index in [1.807, 2.05) is 26.8 Å². The summed E-state index contributed by atoms with van der Waals surface area (Å²) < 4.78 is 0. The molecule has 4 heteroatoms. The van der Waals surface area contributed by atoms with Gasteiger partial charge in [0.2, 0.25) is 5.91 Å². The van der Waals surface area contributed by atoms with Gasteiger partial charge in [0.05, 0.1) is 17.3 Å². The molecule has 2 rings (SSSR count). The van der Waals surface area contributed by atoms with Crippen LogP contribution < -0.4 is 5.32 Å². The molecule has 0 spiro atoms. The molecule has 1 fully saturated rings. The number of carbonyl (C=O) groups is 1. The normalized spacial score (nSPS) is 12.7. The van der Waals surface area contributed by atoms with Crippen LogP contribution in [0.3, 0.4) is 0 Å². The van der Waals surface area contributed by atoms with Gasteiger partial charge in [-0.05, 0) is 43.9 Å². The first-order chi connectivity index (χ1) is 10.1. The van der Waals surface area contributed by atoms with E-state index in [4.69, 9.17) is 5.41 Å². The molecule has 112 valence electrons. The molecule has 0 atom stereocenters. The third kappa shape index (κ3) is 4.16. The third-order valence-corrected chi connectivity index (χ3v) is 3.31. The first-order valence-corrected chi connectivity index (χ1v) is 7.50. The first kappa shape index (κ1) is 16.9. The number of nitrogens with one attached hydrogen (secondary N) is 2. The number of rotatable bonds is 4. The lowest BCUT2D eigenvalue weighted by Gasteiger charge is -2.13. The van der Waals surface area contributed by atoms with E-state index >= 15 is 0 Å². The van der Waals surface area contributed by atoms with Crippen LogP contribution in [0.5, 0.6) is 0 Å². The lowest BCUT2D eigenvalue weighted by Crippen LogP contribution is -2.16. The standard InChI is InChI=1S/C15H17N3O.C2H6/c1-3-10-6-12(8-16)14(9(2)17)13(7-10)18-15(19)11-4-5-11;1-2/h6-7,11,17H,3-5H2,1-2H3,(H,18,19);1-2H3. The van der Waals surface area contributed by atoms with Crippen molar-refractivity contribution in [3.05, 3.63) is 28.8 Å². The Bertz CT molecular complexity index is 580. The van der Waals surface area contributed by atoms with Crippen LogP contribution in [0, 0.1) is 22.7 Å². The first-order valence-electron chi connectivity index (χ1n) is 7.50. The highest BCUT2D eigenvalue weighted by Gasteiger charge is 2.30. The molecule has 0 aromatic heterocycles. The predicted octanol–water partition coefficient (Wildman–Crippen LogP) is 3.88. The van der Waals surface area contributed by atoms with Crippen LogP contribution in [-0.4, -0.2) is 11.6 Å². The van der Waals surface area contributed by atoms with Crippen molar-refractivity contribution in [2.45, 2.75) is 47.0 Å². The van der Waals surface area contributed by atoms with Crippen LogP contribution in [0.2, 0.25) is 0 Å². The molecule has 4 nitrogen and oxygen atoms in total. The fraction of sp³-hybridized carbons (Fsp3) is 0.471. The molecule has 0 unspecified atom stereocenters.